The minimum atomic E-state index is 0. The Bertz CT molecular complexity index is 143. The van der Waals surface area contributed by atoms with Crippen LogP contribution in [-0.2, 0) is 0 Å². The van der Waals surface area contributed by atoms with Crippen molar-refractivity contribution in [3.05, 3.63) is 36.5 Å². The van der Waals surface area contributed by atoms with Crippen LogP contribution in [0.3, 0.4) is 0 Å². The molecule has 0 saturated carbocycles. The lowest BCUT2D eigenvalue weighted by molar-refractivity contribution is 0.907. The van der Waals surface area contributed by atoms with Crippen LogP contribution in [-0.4, -0.2) is 0 Å². The lowest BCUT2D eigenvalue weighted by Crippen LogP contribution is -1.71. The fourth-order valence-electron chi connectivity index (χ4n) is 1.26. The summed E-state index contributed by atoms with van der Waals surface area (Å²) in [5.74, 6) is 0. The average molecular weight is 196 g/mol. The van der Waals surface area contributed by atoms with E-state index in [2.05, 4.69) is 13.2 Å². The third-order valence-corrected chi connectivity index (χ3v) is 1.80. The molecule has 0 fully saturated rings. The molecule has 0 radical (unpaired) electrons. The predicted molar refractivity (Wildman–Crippen MR) is 70.7 cm³/mol. The first-order valence-corrected chi connectivity index (χ1v) is 5.35. The van der Waals surface area contributed by atoms with E-state index in [9.17, 15) is 0 Å². The zero-order chi connectivity index (χ0) is 10.7. The molecule has 0 heterocycles. The fraction of sp³-hybridized carbons (Fsp3) is 0.571. The van der Waals surface area contributed by atoms with Crippen molar-refractivity contribution in [2.45, 2.75) is 54.4 Å². The molecule has 0 nitrogen and oxygen atoms in total. The van der Waals surface area contributed by atoms with E-state index in [1.807, 2.05) is 39.8 Å². The molecule has 1 aliphatic rings. The van der Waals surface area contributed by atoms with Crippen LogP contribution in [0.5, 0.6) is 0 Å². The van der Waals surface area contributed by atoms with E-state index in [4.69, 9.17) is 0 Å². The zero-order valence-corrected chi connectivity index (χ0v) is 9.69. The van der Waals surface area contributed by atoms with Crippen molar-refractivity contribution in [3.63, 3.8) is 0 Å². The van der Waals surface area contributed by atoms with E-state index >= 15 is 0 Å². The van der Waals surface area contributed by atoms with Crippen LogP contribution in [0, 0.1) is 0 Å². The Morgan fingerprint density at radius 1 is 0.857 bits per heavy atom. The molecule has 0 bridgehead atoms. The van der Waals surface area contributed by atoms with E-state index < -0.39 is 0 Å². The molecule has 0 saturated heterocycles. The Morgan fingerprint density at radius 2 is 1.14 bits per heavy atom. The summed E-state index contributed by atoms with van der Waals surface area (Å²) in [6.45, 7) is 15.5. The SMILES string of the molecule is C.C=CC1=C(C=C)CCC1.CC.CC. The Labute approximate surface area is 91.4 Å². The molecule has 0 N–H and O–H groups in total. The minimum absolute atomic E-state index is 0. The van der Waals surface area contributed by atoms with Gasteiger partial charge in [-0.05, 0) is 30.4 Å². The maximum Gasteiger partial charge on any atom is -0.0273 e. The van der Waals surface area contributed by atoms with Crippen LogP contribution >= 0.6 is 0 Å². The summed E-state index contributed by atoms with van der Waals surface area (Å²) in [5, 5.41) is 0. The van der Waals surface area contributed by atoms with E-state index in [1.54, 1.807) is 0 Å². The summed E-state index contributed by atoms with van der Waals surface area (Å²) in [7, 11) is 0. The predicted octanol–water partition coefficient (Wildman–Crippen LogP) is 5.53. The summed E-state index contributed by atoms with van der Waals surface area (Å²) in [6, 6.07) is 0. The van der Waals surface area contributed by atoms with Gasteiger partial charge in [-0.2, -0.15) is 0 Å². The van der Waals surface area contributed by atoms with Crippen molar-refractivity contribution >= 4 is 0 Å². The van der Waals surface area contributed by atoms with Gasteiger partial charge in [0.25, 0.3) is 0 Å². The molecule has 0 amide bonds. The number of allylic oxidation sites excluding steroid dienone is 4. The Hall–Kier alpha value is -0.780. The highest BCUT2D eigenvalue weighted by atomic mass is 14.1. The standard InChI is InChI=1S/C9H12.2C2H6.CH4/c1-3-8-6-5-7-9(8)4-2;2*1-2;/h3-4H,1-2,5-7H2;2*1-2H3;1H4. The van der Waals surface area contributed by atoms with Gasteiger partial charge in [0.05, 0.1) is 0 Å². The van der Waals surface area contributed by atoms with Crippen LogP contribution in [0.15, 0.2) is 36.5 Å². The van der Waals surface area contributed by atoms with E-state index in [0.717, 1.165) is 0 Å². The molecule has 0 unspecified atom stereocenters. The van der Waals surface area contributed by atoms with Crippen molar-refractivity contribution in [1.29, 1.82) is 0 Å². The highest BCUT2D eigenvalue weighted by Crippen LogP contribution is 2.26. The molecular weight excluding hydrogens is 168 g/mol. The highest BCUT2D eigenvalue weighted by Gasteiger charge is 2.07. The molecule has 0 atom stereocenters. The molecule has 84 valence electrons. The van der Waals surface area contributed by atoms with Gasteiger partial charge in [-0.3, -0.25) is 0 Å². The van der Waals surface area contributed by atoms with Gasteiger partial charge >= 0.3 is 0 Å². The molecule has 0 heteroatoms. The molecule has 14 heavy (non-hydrogen) atoms. The molecule has 0 spiro atoms. The minimum Gasteiger partial charge on any atom is -0.0988 e. The third kappa shape index (κ3) is 6.71. The molecule has 0 aromatic heterocycles. The van der Waals surface area contributed by atoms with Gasteiger partial charge < -0.3 is 0 Å². The first kappa shape index (κ1) is 18.9. The van der Waals surface area contributed by atoms with Crippen molar-refractivity contribution < 1.29 is 0 Å². The van der Waals surface area contributed by atoms with Gasteiger partial charge in [-0.25, -0.2) is 0 Å². The Kier molecular flexibility index (Phi) is 19.9. The van der Waals surface area contributed by atoms with E-state index in [1.165, 1.54) is 30.4 Å². The van der Waals surface area contributed by atoms with Crippen LogP contribution in [0.25, 0.3) is 0 Å². The molecule has 0 aromatic rings. The Morgan fingerprint density at radius 3 is 1.36 bits per heavy atom. The summed E-state index contributed by atoms with van der Waals surface area (Å²) in [5.41, 5.74) is 2.79. The van der Waals surface area contributed by atoms with Crippen molar-refractivity contribution in [3.8, 4) is 0 Å². The van der Waals surface area contributed by atoms with Crippen LogP contribution in [0.4, 0.5) is 0 Å². The first-order valence-electron chi connectivity index (χ1n) is 5.35. The summed E-state index contributed by atoms with van der Waals surface area (Å²) in [4.78, 5) is 0. The number of hydrogen-bond acceptors (Lipinski definition) is 0. The summed E-state index contributed by atoms with van der Waals surface area (Å²) < 4.78 is 0. The topological polar surface area (TPSA) is 0 Å². The van der Waals surface area contributed by atoms with Crippen molar-refractivity contribution in [1.82, 2.24) is 0 Å². The summed E-state index contributed by atoms with van der Waals surface area (Å²) in [6.07, 6.45) is 7.58. The second-order valence-electron chi connectivity index (χ2n) is 2.31. The van der Waals surface area contributed by atoms with Crippen LogP contribution in [0.1, 0.15) is 54.4 Å². The van der Waals surface area contributed by atoms with Gasteiger partial charge in [0.15, 0.2) is 0 Å². The Balaban J connectivity index is -0.000000216. The molecule has 0 aliphatic heterocycles. The number of rotatable bonds is 2. The monoisotopic (exact) mass is 196 g/mol. The molecular formula is C14H28. The maximum atomic E-state index is 3.74. The van der Waals surface area contributed by atoms with Gasteiger partial charge in [-0.15, -0.1) is 0 Å². The molecule has 1 rings (SSSR count). The normalized spacial score (nSPS) is 12.6. The largest absolute Gasteiger partial charge is 0.0988 e. The van der Waals surface area contributed by atoms with Gasteiger partial charge in [0.2, 0.25) is 0 Å². The highest BCUT2D eigenvalue weighted by molar-refractivity contribution is 5.34. The van der Waals surface area contributed by atoms with Crippen molar-refractivity contribution in [2.24, 2.45) is 0 Å². The van der Waals surface area contributed by atoms with Crippen molar-refractivity contribution in [2.75, 3.05) is 0 Å². The lowest BCUT2D eigenvalue weighted by Gasteiger charge is -1.92. The van der Waals surface area contributed by atoms with E-state index in [-0.39, 0.29) is 7.43 Å². The molecule has 1 aliphatic carbocycles. The average Bonchev–Trinajstić information content (AvgIpc) is 2.70. The van der Waals surface area contributed by atoms with E-state index in [0.29, 0.717) is 0 Å². The second-order valence-corrected chi connectivity index (χ2v) is 2.31. The fourth-order valence-corrected chi connectivity index (χ4v) is 1.26. The quantitative estimate of drug-likeness (QED) is 0.545. The van der Waals surface area contributed by atoms with Gasteiger partial charge in [0, 0.05) is 0 Å². The lowest BCUT2D eigenvalue weighted by atomic mass is 10.1. The van der Waals surface area contributed by atoms with Crippen LogP contribution < -0.4 is 0 Å². The summed E-state index contributed by atoms with van der Waals surface area (Å²) >= 11 is 0. The van der Waals surface area contributed by atoms with Gasteiger partial charge in [0.1, 0.15) is 0 Å². The first-order chi connectivity index (χ1) is 6.38. The van der Waals surface area contributed by atoms with Gasteiger partial charge in [-0.1, -0.05) is 60.4 Å². The smallest absolute Gasteiger partial charge is 0.0273 e. The third-order valence-electron chi connectivity index (χ3n) is 1.80. The zero-order valence-electron chi connectivity index (χ0n) is 9.69. The second kappa shape index (κ2) is 14.7. The molecule has 0 aromatic carbocycles. The number of hydrogen-bond donors (Lipinski definition) is 0. The van der Waals surface area contributed by atoms with Crippen LogP contribution in [0.2, 0.25) is 0 Å². The maximum absolute atomic E-state index is 3.74.